The summed E-state index contributed by atoms with van der Waals surface area (Å²) in [5.74, 6) is 0.919. The average Bonchev–Trinajstić information content (AvgIpc) is 3.11. The molecule has 2 atom stereocenters. The van der Waals surface area contributed by atoms with Gasteiger partial charge in [0.05, 0.1) is 24.5 Å². The number of morpholine rings is 1. The molecular weight excluding hydrogens is 398 g/mol. The molecule has 0 spiro atoms. The Morgan fingerprint density at radius 3 is 2.43 bits per heavy atom. The minimum Gasteiger partial charge on any atom is -0.378 e. The number of carbonyl (C=O) groups is 1. The smallest absolute Gasteiger partial charge is 0.236 e. The second kappa shape index (κ2) is 9.26. The molecule has 3 rings (SSSR count). The van der Waals surface area contributed by atoms with Gasteiger partial charge in [-0.1, -0.05) is 23.4 Å². The highest BCUT2D eigenvalue weighted by Crippen LogP contribution is 2.30. The van der Waals surface area contributed by atoms with Gasteiger partial charge in [0.15, 0.2) is 11.0 Å². The number of hydrogen-bond donors (Lipinski definition) is 0. The van der Waals surface area contributed by atoms with Gasteiger partial charge in [0.25, 0.3) is 0 Å². The van der Waals surface area contributed by atoms with Crippen molar-refractivity contribution >= 4 is 29.3 Å². The molecule has 2 aromatic rings. The maximum atomic E-state index is 12.8. The number of hydrogen-bond acceptors (Lipinski definition) is 6. The molecule has 2 heterocycles. The first kappa shape index (κ1) is 21.1. The van der Waals surface area contributed by atoms with Gasteiger partial charge < -0.3 is 9.64 Å². The zero-order valence-electron chi connectivity index (χ0n) is 16.6. The normalized spacial score (nSPS) is 17.0. The molecule has 1 amide bonds. The fourth-order valence-corrected chi connectivity index (χ4v) is 4.03. The van der Waals surface area contributed by atoms with Crippen molar-refractivity contribution in [2.75, 3.05) is 40.4 Å². The van der Waals surface area contributed by atoms with Crippen LogP contribution in [-0.2, 0) is 9.53 Å². The maximum Gasteiger partial charge on any atom is 0.236 e. The summed E-state index contributed by atoms with van der Waals surface area (Å²) in [4.78, 5) is 16.7. The molecule has 1 fully saturated rings. The summed E-state index contributed by atoms with van der Waals surface area (Å²) in [5, 5.41) is 9.94. The number of amides is 1. The summed E-state index contributed by atoms with van der Waals surface area (Å²) in [5.41, 5.74) is 0.923. The zero-order chi connectivity index (χ0) is 20.3. The molecule has 0 N–H and O–H groups in total. The largest absolute Gasteiger partial charge is 0.378 e. The quantitative estimate of drug-likeness (QED) is 0.666. The predicted octanol–water partition coefficient (Wildman–Crippen LogP) is 2.88. The second-order valence-electron chi connectivity index (χ2n) is 6.99. The highest BCUT2D eigenvalue weighted by molar-refractivity contribution is 8.00. The van der Waals surface area contributed by atoms with Crippen LogP contribution in [0.15, 0.2) is 29.4 Å². The molecule has 7 nitrogen and oxygen atoms in total. The first-order valence-corrected chi connectivity index (χ1v) is 10.5. The van der Waals surface area contributed by atoms with Crippen LogP contribution in [0.25, 0.3) is 5.69 Å². The van der Waals surface area contributed by atoms with E-state index in [0.29, 0.717) is 36.5 Å². The minimum atomic E-state index is -0.268. The lowest BCUT2D eigenvalue weighted by molar-refractivity contribution is -0.134. The van der Waals surface area contributed by atoms with Gasteiger partial charge in [0.1, 0.15) is 0 Å². The number of nitrogens with zero attached hydrogens (tertiary/aromatic N) is 5. The predicted molar refractivity (Wildman–Crippen MR) is 111 cm³/mol. The molecule has 1 aliphatic rings. The highest BCUT2D eigenvalue weighted by atomic mass is 35.5. The molecule has 0 saturated carbocycles. The summed E-state index contributed by atoms with van der Waals surface area (Å²) < 4.78 is 7.35. The zero-order valence-corrected chi connectivity index (χ0v) is 18.2. The van der Waals surface area contributed by atoms with Gasteiger partial charge in [-0.3, -0.25) is 14.3 Å². The molecule has 1 aromatic carbocycles. The lowest BCUT2D eigenvalue weighted by atomic mass is 10.2. The van der Waals surface area contributed by atoms with E-state index in [4.69, 9.17) is 16.3 Å². The van der Waals surface area contributed by atoms with E-state index in [9.17, 15) is 4.79 Å². The molecule has 1 aliphatic heterocycles. The van der Waals surface area contributed by atoms with Crippen LogP contribution in [0.4, 0.5) is 0 Å². The van der Waals surface area contributed by atoms with Crippen LogP contribution >= 0.6 is 23.4 Å². The molecule has 9 heteroatoms. The second-order valence-corrected chi connectivity index (χ2v) is 8.73. The number of aromatic nitrogens is 3. The van der Waals surface area contributed by atoms with Crippen molar-refractivity contribution in [2.24, 2.45) is 0 Å². The van der Waals surface area contributed by atoms with Crippen molar-refractivity contribution < 1.29 is 9.53 Å². The van der Waals surface area contributed by atoms with Crippen LogP contribution in [-0.4, -0.2) is 76.1 Å². The fraction of sp³-hybridized carbons (Fsp3) is 0.526. The number of halogens is 1. The van der Waals surface area contributed by atoms with Crippen LogP contribution in [0.1, 0.15) is 25.7 Å². The molecule has 152 valence electrons. The fourth-order valence-electron chi connectivity index (χ4n) is 2.94. The number of ether oxygens (including phenoxy) is 1. The number of benzene rings is 1. The van der Waals surface area contributed by atoms with E-state index < -0.39 is 0 Å². The van der Waals surface area contributed by atoms with Gasteiger partial charge in [-0.25, -0.2) is 0 Å². The van der Waals surface area contributed by atoms with Gasteiger partial charge in [0, 0.05) is 23.8 Å². The van der Waals surface area contributed by atoms with E-state index in [1.165, 1.54) is 11.8 Å². The highest BCUT2D eigenvalue weighted by Gasteiger charge is 2.27. The van der Waals surface area contributed by atoms with Crippen molar-refractivity contribution in [3.63, 3.8) is 0 Å². The Balaban J connectivity index is 1.89. The van der Waals surface area contributed by atoms with E-state index in [2.05, 4.69) is 22.0 Å². The third-order valence-electron chi connectivity index (χ3n) is 4.84. The summed E-state index contributed by atoms with van der Waals surface area (Å²) >= 11 is 7.49. The van der Waals surface area contributed by atoms with Crippen LogP contribution in [0.5, 0.6) is 0 Å². The van der Waals surface area contributed by atoms with Gasteiger partial charge in [-0.2, -0.15) is 0 Å². The summed E-state index contributed by atoms with van der Waals surface area (Å²) in [6.07, 6.45) is 0. The average molecular weight is 424 g/mol. The molecule has 2 unspecified atom stereocenters. The van der Waals surface area contributed by atoms with Gasteiger partial charge >= 0.3 is 0 Å². The molecule has 0 aliphatic carbocycles. The maximum absolute atomic E-state index is 12.8. The molecule has 0 radical (unpaired) electrons. The van der Waals surface area contributed by atoms with E-state index in [0.717, 1.165) is 11.5 Å². The summed E-state index contributed by atoms with van der Waals surface area (Å²) in [6.45, 7) is 6.45. The van der Waals surface area contributed by atoms with E-state index in [1.807, 2.05) is 54.8 Å². The van der Waals surface area contributed by atoms with Crippen LogP contribution < -0.4 is 0 Å². The van der Waals surface area contributed by atoms with Gasteiger partial charge in [-0.15, -0.1) is 10.2 Å². The Kier molecular flexibility index (Phi) is 6.98. The Hall–Kier alpha value is -1.61. The number of rotatable bonds is 6. The third kappa shape index (κ3) is 4.68. The van der Waals surface area contributed by atoms with E-state index in [-0.39, 0.29) is 17.2 Å². The molecule has 1 saturated heterocycles. The van der Waals surface area contributed by atoms with Crippen LogP contribution in [0.3, 0.4) is 0 Å². The standard InChI is InChI=1S/C19H26ClN5O2S/c1-13(23(3)4)17-21-22-19(25(17)16-7-5-15(20)6-8-16)28-14(2)18(26)24-9-11-27-12-10-24/h5-8,13-14H,9-12H2,1-4H3. The topological polar surface area (TPSA) is 63.5 Å². The Morgan fingerprint density at radius 2 is 1.82 bits per heavy atom. The van der Waals surface area contributed by atoms with Gasteiger partial charge in [-0.05, 0) is 52.2 Å². The van der Waals surface area contributed by atoms with Gasteiger partial charge in [0.2, 0.25) is 5.91 Å². The molecule has 0 bridgehead atoms. The molecule has 28 heavy (non-hydrogen) atoms. The van der Waals surface area contributed by atoms with Crippen molar-refractivity contribution in [1.82, 2.24) is 24.6 Å². The van der Waals surface area contributed by atoms with E-state index >= 15 is 0 Å². The van der Waals surface area contributed by atoms with Crippen molar-refractivity contribution in [3.8, 4) is 5.69 Å². The molecule has 1 aromatic heterocycles. The molecular formula is C19H26ClN5O2S. The van der Waals surface area contributed by atoms with Crippen LogP contribution in [0.2, 0.25) is 5.02 Å². The first-order valence-electron chi connectivity index (χ1n) is 9.29. The third-order valence-corrected chi connectivity index (χ3v) is 6.13. The lowest BCUT2D eigenvalue weighted by Gasteiger charge is -2.29. The SMILES string of the molecule is CC(Sc1nnc(C(C)N(C)C)n1-c1ccc(Cl)cc1)C(=O)N1CCOCC1. The Bertz CT molecular complexity index is 805. The monoisotopic (exact) mass is 423 g/mol. The lowest BCUT2D eigenvalue weighted by Crippen LogP contribution is -2.44. The van der Waals surface area contributed by atoms with Crippen molar-refractivity contribution in [3.05, 3.63) is 35.1 Å². The Labute approximate surface area is 175 Å². The number of carbonyl (C=O) groups excluding carboxylic acids is 1. The first-order chi connectivity index (χ1) is 13.4. The summed E-state index contributed by atoms with van der Waals surface area (Å²) in [6, 6.07) is 7.63. The Morgan fingerprint density at radius 1 is 1.18 bits per heavy atom. The van der Waals surface area contributed by atoms with E-state index in [1.54, 1.807) is 0 Å². The summed E-state index contributed by atoms with van der Waals surface area (Å²) in [7, 11) is 4.01. The van der Waals surface area contributed by atoms with Crippen molar-refractivity contribution in [1.29, 1.82) is 0 Å². The number of thioether (sulfide) groups is 1. The minimum absolute atomic E-state index is 0.0581. The van der Waals surface area contributed by atoms with Crippen LogP contribution in [0, 0.1) is 0 Å². The van der Waals surface area contributed by atoms with Crippen molar-refractivity contribution in [2.45, 2.75) is 30.3 Å².